The number of aromatic nitrogens is 1. The van der Waals surface area contributed by atoms with E-state index >= 15 is 0 Å². The Hall–Kier alpha value is -3.06. The molecule has 0 spiro atoms. The molecule has 35 heavy (non-hydrogen) atoms. The predicted octanol–water partition coefficient (Wildman–Crippen LogP) is 6.44. The molecule has 1 fully saturated rings. The van der Waals surface area contributed by atoms with Crippen LogP contribution in [0, 0.1) is 6.92 Å². The topological polar surface area (TPSA) is 65.5 Å². The molecule has 2 heterocycles. The van der Waals surface area contributed by atoms with E-state index in [0.29, 0.717) is 36.5 Å². The molecule has 1 aliphatic heterocycles. The lowest BCUT2D eigenvalue weighted by atomic mass is 9.84. The van der Waals surface area contributed by atoms with Crippen LogP contribution in [0.1, 0.15) is 34.3 Å². The number of carbonyl (C=O) groups excluding carboxylic acids is 1. The summed E-state index contributed by atoms with van der Waals surface area (Å²) in [5, 5.41) is 12.9. The average Bonchev–Trinajstić information content (AvgIpc) is 2.87. The number of benzene rings is 3. The van der Waals surface area contributed by atoms with Crippen molar-refractivity contribution in [3.63, 3.8) is 0 Å². The van der Waals surface area contributed by atoms with Gasteiger partial charge in [0.1, 0.15) is 0 Å². The maximum atomic E-state index is 13.1. The molecular formula is C28H26ClN3O2S. The predicted molar refractivity (Wildman–Crippen MR) is 143 cm³/mol. The van der Waals surface area contributed by atoms with Gasteiger partial charge in [0.15, 0.2) is 0 Å². The summed E-state index contributed by atoms with van der Waals surface area (Å²) in [5.74, 6) is -0.0282. The number of aryl methyl sites for hydroxylation is 1. The van der Waals surface area contributed by atoms with Crippen LogP contribution >= 0.6 is 23.5 Å². The van der Waals surface area contributed by atoms with Crippen molar-refractivity contribution in [2.45, 2.75) is 30.3 Å². The number of likely N-dealkylation sites (tertiary alicyclic amines) is 1. The molecule has 5 rings (SSSR count). The summed E-state index contributed by atoms with van der Waals surface area (Å²) in [7, 11) is 0. The zero-order chi connectivity index (χ0) is 24.4. The minimum Gasteiger partial charge on any atom is -0.385 e. The molecule has 0 atom stereocenters. The molecule has 0 radical (unpaired) electrons. The molecular weight excluding hydrogens is 478 g/mol. The average molecular weight is 504 g/mol. The number of halogens is 1. The summed E-state index contributed by atoms with van der Waals surface area (Å²) in [6.45, 7) is 2.92. The first-order valence-corrected chi connectivity index (χ1v) is 12.8. The molecule has 1 saturated heterocycles. The number of amides is 1. The van der Waals surface area contributed by atoms with Crippen molar-refractivity contribution in [2.24, 2.45) is 0 Å². The number of hydrogen-bond donors (Lipinski definition) is 2. The van der Waals surface area contributed by atoms with Gasteiger partial charge in [0, 0.05) is 46.5 Å². The number of nitrogens with zero attached hydrogens (tertiary/aromatic N) is 2. The van der Waals surface area contributed by atoms with E-state index in [1.54, 1.807) is 11.1 Å². The summed E-state index contributed by atoms with van der Waals surface area (Å²) in [6.07, 6.45) is 2.71. The van der Waals surface area contributed by atoms with Gasteiger partial charge in [0.25, 0.3) is 5.91 Å². The highest BCUT2D eigenvalue weighted by atomic mass is 35.5. The van der Waals surface area contributed by atoms with E-state index in [9.17, 15) is 9.90 Å². The number of rotatable bonds is 5. The van der Waals surface area contributed by atoms with Crippen molar-refractivity contribution < 1.29 is 9.90 Å². The van der Waals surface area contributed by atoms with Crippen LogP contribution in [-0.4, -0.2) is 34.0 Å². The van der Waals surface area contributed by atoms with Gasteiger partial charge in [-0.3, -0.25) is 9.78 Å². The number of nitrogens with one attached hydrogen (secondary N) is 1. The molecule has 0 saturated carbocycles. The van der Waals surface area contributed by atoms with Crippen molar-refractivity contribution in [3.05, 3.63) is 101 Å². The Kier molecular flexibility index (Phi) is 6.69. The molecule has 178 valence electrons. The maximum Gasteiger partial charge on any atom is 0.253 e. The van der Waals surface area contributed by atoms with Crippen molar-refractivity contribution >= 4 is 46.0 Å². The molecule has 0 unspecified atom stereocenters. The quantitative estimate of drug-likeness (QED) is 0.307. The van der Waals surface area contributed by atoms with E-state index in [0.717, 1.165) is 32.6 Å². The van der Waals surface area contributed by atoms with E-state index in [1.165, 1.54) is 11.9 Å². The minimum absolute atomic E-state index is 0.0282. The van der Waals surface area contributed by atoms with Gasteiger partial charge in [-0.1, -0.05) is 41.9 Å². The summed E-state index contributed by atoms with van der Waals surface area (Å²) in [6, 6.07) is 23.3. The fraction of sp³-hybridized carbons (Fsp3) is 0.214. The van der Waals surface area contributed by atoms with E-state index in [1.807, 2.05) is 79.7 Å². The van der Waals surface area contributed by atoms with Crippen LogP contribution < -0.4 is 4.72 Å². The molecule has 1 aromatic heterocycles. The van der Waals surface area contributed by atoms with Crippen LogP contribution in [0.15, 0.2) is 83.9 Å². The highest BCUT2D eigenvalue weighted by Gasteiger charge is 2.37. The molecule has 1 amide bonds. The molecule has 4 aromatic rings. The van der Waals surface area contributed by atoms with Gasteiger partial charge in [0.2, 0.25) is 0 Å². The second kappa shape index (κ2) is 9.90. The molecule has 5 nitrogen and oxygen atoms in total. The van der Waals surface area contributed by atoms with Crippen molar-refractivity contribution in [1.29, 1.82) is 0 Å². The summed E-state index contributed by atoms with van der Waals surface area (Å²) < 4.78 is 3.34. The minimum atomic E-state index is -1.01. The smallest absolute Gasteiger partial charge is 0.253 e. The first-order chi connectivity index (χ1) is 16.9. The number of anilines is 1. The fourth-order valence-corrected chi connectivity index (χ4v) is 5.67. The fourth-order valence-electron chi connectivity index (χ4n) is 4.48. The highest BCUT2D eigenvalue weighted by molar-refractivity contribution is 8.00. The second-order valence-electron chi connectivity index (χ2n) is 8.92. The number of fused-ring (bicyclic) bond motifs is 1. The van der Waals surface area contributed by atoms with Crippen LogP contribution in [0.2, 0.25) is 5.02 Å². The number of para-hydroxylation sites is 1. The van der Waals surface area contributed by atoms with Gasteiger partial charge in [0.05, 0.1) is 16.0 Å². The lowest BCUT2D eigenvalue weighted by Crippen LogP contribution is -2.45. The van der Waals surface area contributed by atoms with Crippen molar-refractivity contribution in [2.75, 3.05) is 17.8 Å². The van der Waals surface area contributed by atoms with E-state index in [2.05, 4.69) is 9.71 Å². The van der Waals surface area contributed by atoms with Crippen LogP contribution in [0.3, 0.4) is 0 Å². The van der Waals surface area contributed by atoms with Gasteiger partial charge in [-0.05, 0) is 79.7 Å². The molecule has 2 N–H and O–H groups in total. The number of aliphatic hydroxyl groups is 1. The van der Waals surface area contributed by atoms with Crippen LogP contribution in [-0.2, 0) is 5.60 Å². The zero-order valence-electron chi connectivity index (χ0n) is 19.4. The van der Waals surface area contributed by atoms with E-state index in [-0.39, 0.29) is 5.91 Å². The van der Waals surface area contributed by atoms with Gasteiger partial charge in [-0.15, -0.1) is 0 Å². The summed E-state index contributed by atoms with van der Waals surface area (Å²) >= 11 is 7.90. The second-order valence-corrected chi connectivity index (χ2v) is 10.2. The van der Waals surface area contributed by atoms with E-state index < -0.39 is 5.60 Å². The zero-order valence-corrected chi connectivity index (χ0v) is 20.9. The summed E-state index contributed by atoms with van der Waals surface area (Å²) in [5.41, 5.74) is 3.28. The molecule has 3 aromatic carbocycles. The van der Waals surface area contributed by atoms with E-state index in [4.69, 9.17) is 11.6 Å². The Labute approximate surface area is 214 Å². The van der Waals surface area contributed by atoms with Gasteiger partial charge >= 0.3 is 0 Å². The maximum absolute atomic E-state index is 13.1. The Morgan fingerprint density at radius 2 is 1.80 bits per heavy atom. The number of pyridine rings is 1. The first kappa shape index (κ1) is 23.7. The van der Waals surface area contributed by atoms with Crippen LogP contribution in [0.25, 0.3) is 10.9 Å². The Bertz CT molecular complexity index is 1360. The highest BCUT2D eigenvalue weighted by Crippen LogP contribution is 2.37. The third-order valence-corrected chi connectivity index (χ3v) is 7.71. The van der Waals surface area contributed by atoms with Crippen molar-refractivity contribution in [3.8, 4) is 0 Å². The summed E-state index contributed by atoms with van der Waals surface area (Å²) in [4.78, 5) is 20.4. The Balaban J connectivity index is 1.21. The molecule has 0 aliphatic carbocycles. The Morgan fingerprint density at radius 1 is 1.06 bits per heavy atom. The van der Waals surface area contributed by atoms with Crippen LogP contribution in [0.5, 0.6) is 0 Å². The lowest BCUT2D eigenvalue weighted by molar-refractivity contribution is -0.0210. The number of carbonyl (C=O) groups is 1. The number of piperidine rings is 1. The molecule has 7 heteroatoms. The third-order valence-electron chi connectivity index (χ3n) is 6.51. The standard InChI is InChI=1S/C28H26ClN3O2S/c1-19-7-12-23(24(29)18-19)28(34)13-16-32(17-14-28)27(33)21-8-10-22(11-9-21)31-35-25-6-2-4-20-5-3-15-30-26(20)25/h2-12,15,18,31,34H,13-14,16-17H2,1H3. The third kappa shape index (κ3) is 5.01. The molecule has 0 bridgehead atoms. The first-order valence-electron chi connectivity index (χ1n) is 11.6. The van der Waals surface area contributed by atoms with Crippen LogP contribution in [0.4, 0.5) is 5.69 Å². The number of hydrogen-bond acceptors (Lipinski definition) is 5. The van der Waals surface area contributed by atoms with Gasteiger partial charge < -0.3 is 14.7 Å². The largest absolute Gasteiger partial charge is 0.385 e. The van der Waals surface area contributed by atoms with Crippen molar-refractivity contribution in [1.82, 2.24) is 9.88 Å². The lowest BCUT2D eigenvalue weighted by Gasteiger charge is -2.39. The molecule has 1 aliphatic rings. The van der Waals surface area contributed by atoms with Gasteiger partial charge in [-0.2, -0.15) is 0 Å². The normalized spacial score (nSPS) is 15.2. The Morgan fingerprint density at radius 3 is 2.54 bits per heavy atom. The SMILES string of the molecule is Cc1ccc(C2(O)CCN(C(=O)c3ccc(NSc4cccc5cccnc45)cc3)CC2)c(Cl)c1. The van der Waals surface area contributed by atoms with Gasteiger partial charge in [-0.25, -0.2) is 0 Å². The monoisotopic (exact) mass is 503 g/mol.